The van der Waals surface area contributed by atoms with E-state index >= 15 is 0 Å². The number of piperidine rings is 1. The Bertz CT molecular complexity index is 173. The van der Waals surface area contributed by atoms with Crippen molar-refractivity contribution in [3.05, 3.63) is 0 Å². The zero-order valence-electron chi connectivity index (χ0n) is 8.05. The molecule has 0 aromatic heterocycles. The third kappa shape index (κ3) is 3.32. The summed E-state index contributed by atoms with van der Waals surface area (Å²) in [5, 5.41) is 15.1. The van der Waals surface area contributed by atoms with Crippen LogP contribution in [0.3, 0.4) is 0 Å². The van der Waals surface area contributed by atoms with Gasteiger partial charge in [-0.1, -0.05) is 6.92 Å². The van der Waals surface area contributed by atoms with Crippen LogP contribution >= 0.6 is 0 Å². The number of hydrogen-bond donors (Lipinski definition) is 3. The predicted molar refractivity (Wildman–Crippen MR) is 50.3 cm³/mol. The Kier molecular flexibility index (Phi) is 4.18. The summed E-state index contributed by atoms with van der Waals surface area (Å²) in [6.07, 6.45) is 2.28. The van der Waals surface area contributed by atoms with Gasteiger partial charge in [0.15, 0.2) is 0 Å². The lowest BCUT2D eigenvalue weighted by Gasteiger charge is -2.23. The van der Waals surface area contributed by atoms with Crippen molar-refractivity contribution in [1.82, 2.24) is 10.6 Å². The second-order valence-electron chi connectivity index (χ2n) is 3.46. The van der Waals surface area contributed by atoms with Gasteiger partial charge < -0.3 is 15.7 Å². The van der Waals surface area contributed by atoms with Crippen LogP contribution < -0.4 is 10.6 Å². The van der Waals surface area contributed by atoms with Gasteiger partial charge in [0.25, 0.3) is 0 Å². The molecule has 0 saturated carbocycles. The van der Waals surface area contributed by atoms with Gasteiger partial charge in [-0.15, -0.1) is 0 Å². The highest BCUT2D eigenvalue weighted by atomic mass is 16.3. The van der Waals surface area contributed by atoms with Gasteiger partial charge in [0, 0.05) is 13.1 Å². The van der Waals surface area contributed by atoms with Crippen molar-refractivity contribution in [1.29, 1.82) is 0 Å². The van der Waals surface area contributed by atoms with Gasteiger partial charge in [0.1, 0.15) is 0 Å². The lowest BCUT2D eigenvalue weighted by atomic mass is 10.1. The van der Waals surface area contributed by atoms with Crippen LogP contribution in [0.15, 0.2) is 0 Å². The highest BCUT2D eigenvalue weighted by Gasteiger charge is 2.21. The molecule has 0 aliphatic carbocycles. The van der Waals surface area contributed by atoms with Crippen molar-refractivity contribution in [3.8, 4) is 0 Å². The van der Waals surface area contributed by atoms with E-state index in [4.69, 9.17) is 0 Å². The summed E-state index contributed by atoms with van der Waals surface area (Å²) < 4.78 is 0. The highest BCUT2D eigenvalue weighted by molar-refractivity contribution is 5.82. The molecule has 0 aromatic rings. The van der Waals surface area contributed by atoms with Gasteiger partial charge in [-0.3, -0.25) is 4.79 Å². The van der Waals surface area contributed by atoms with Crippen molar-refractivity contribution in [2.75, 3.05) is 13.1 Å². The first-order chi connectivity index (χ1) is 6.24. The molecule has 2 unspecified atom stereocenters. The SMILES string of the molecule is CCC(O)CNC1CCCNC1=O. The number of amides is 1. The molecule has 1 aliphatic rings. The molecule has 0 bridgehead atoms. The van der Waals surface area contributed by atoms with Crippen LogP contribution in [-0.2, 0) is 4.79 Å². The molecule has 2 atom stereocenters. The fraction of sp³-hybridized carbons (Fsp3) is 0.889. The first kappa shape index (κ1) is 10.5. The Morgan fingerprint density at radius 1 is 1.77 bits per heavy atom. The fourth-order valence-electron chi connectivity index (χ4n) is 1.39. The lowest BCUT2D eigenvalue weighted by Crippen LogP contribution is -2.49. The number of carbonyl (C=O) groups excluding carboxylic acids is 1. The standard InChI is InChI=1S/C9H18N2O2/c1-2-7(12)6-11-8-4-3-5-10-9(8)13/h7-8,11-12H,2-6H2,1H3,(H,10,13). The van der Waals surface area contributed by atoms with Gasteiger partial charge in [-0.05, 0) is 19.3 Å². The van der Waals surface area contributed by atoms with Crippen LogP contribution in [0.4, 0.5) is 0 Å². The van der Waals surface area contributed by atoms with E-state index in [2.05, 4.69) is 10.6 Å². The molecule has 76 valence electrons. The summed E-state index contributed by atoms with van der Waals surface area (Å²) in [4.78, 5) is 11.2. The monoisotopic (exact) mass is 186 g/mol. The van der Waals surface area contributed by atoms with Crippen molar-refractivity contribution in [2.45, 2.75) is 38.3 Å². The maximum Gasteiger partial charge on any atom is 0.237 e. The van der Waals surface area contributed by atoms with Crippen molar-refractivity contribution in [3.63, 3.8) is 0 Å². The average molecular weight is 186 g/mol. The first-order valence-electron chi connectivity index (χ1n) is 4.93. The normalized spacial score (nSPS) is 25.4. The van der Waals surface area contributed by atoms with Crippen LogP contribution in [-0.4, -0.2) is 36.2 Å². The number of nitrogens with one attached hydrogen (secondary N) is 2. The predicted octanol–water partition coefficient (Wildman–Crippen LogP) is -0.374. The second-order valence-corrected chi connectivity index (χ2v) is 3.46. The minimum atomic E-state index is -0.338. The van der Waals surface area contributed by atoms with Crippen molar-refractivity contribution in [2.24, 2.45) is 0 Å². The van der Waals surface area contributed by atoms with E-state index in [-0.39, 0.29) is 18.1 Å². The number of aliphatic hydroxyl groups is 1. The summed E-state index contributed by atoms with van der Waals surface area (Å²) in [5.41, 5.74) is 0. The minimum Gasteiger partial charge on any atom is -0.392 e. The zero-order chi connectivity index (χ0) is 9.68. The molecule has 3 N–H and O–H groups in total. The molecular formula is C9H18N2O2. The smallest absolute Gasteiger partial charge is 0.237 e. The fourth-order valence-corrected chi connectivity index (χ4v) is 1.39. The van der Waals surface area contributed by atoms with E-state index in [0.717, 1.165) is 25.8 Å². The van der Waals surface area contributed by atoms with Gasteiger partial charge in [0.05, 0.1) is 12.1 Å². The highest BCUT2D eigenvalue weighted by Crippen LogP contribution is 2.02. The van der Waals surface area contributed by atoms with E-state index in [1.54, 1.807) is 0 Å². The summed E-state index contributed by atoms with van der Waals surface area (Å²) in [6, 6.07) is -0.102. The molecule has 1 saturated heterocycles. The summed E-state index contributed by atoms with van der Waals surface area (Å²) in [5.74, 6) is 0.0644. The summed E-state index contributed by atoms with van der Waals surface area (Å²) in [6.45, 7) is 3.22. The molecule has 1 fully saturated rings. The number of rotatable bonds is 4. The van der Waals surface area contributed by atoms with Crippen LogP contribution in [0.25, 0.3) is 0 Å². The molecule has 1 amide bonds. The second kappa shape index (κ2) is 5.19. The number of hydrogen-bond acceptors (Lipinski definition) is 3. The van der Waals surface area contributed by atoms with Gasteiger partial charge in [-0.2, -0.15) is 0 Å². The van der Waals surface area contributed by atoms with Crippen LogP contribution in [0.5, 0.6) is 0 Å². The first-order valence-corrected chi connectivity index (χ1v) is 4.93. The van der Waals surface area contributed by atoms with Crippen molar-refractivity contribution < 1.29 is 9.90 Å². The lowest BCUT2D eigenvalue weighted by molar-refractivity contribution is -0.124. The molecule has 0 aromatic carbocycles. The quantitative estimate of drug-likeness (QED) is 0.561. The van der Waals surface area contributed by atoms with E-state index in [9.17, 15) is 9.90 Å². The molecule has 0 spiro atoms. The maximum atomic E-state index is 11.2. The molecular weight excluding hydrogens is 168 g/mol. The molecule has 0 radical (unpaired) electrons. The molecule has 1 heterocycles. The van der Waals surface area contributed by atoms with Gasteiger partial charge >= 0.3 is 0 Å². The van der Waals surface area contributed by atoms with Crippen molar-refractivity contribution >= 4 is 5.91 Å². The summed E-state index contributed by atoms with van der Waals surface area (Å²) >= 11 is 0. The molecule has 4 heteroatoms. The van der Waals surface area contributed by atoms with Crippen LogP contribution in [0.1, 0.15) is 26.2 Å². The number of carbonyl (C=O) groups is 1. The Labute approximate surface area is 78.7 Å². The topological polar surface area (TPSA) is 61.4 Å². The maximum absolute atomic E-state index is 11.2. The van der Waals surface area contributed by atoms with E-state index in [1.165, 1.54) is 0 Å². The third-order valence-corrected chi connectivity index (χ3v) is 2.36. The van der Waals surface area contributed by atoms with E-state index in [1.807, 2.05) is 6.92 Å². The average Bonchev–Trinajstić information content (AvgIpc) is 2.16. The molecule has 1 rings (SSSR count). The zero-order valence-corrected chi connectivity index (χ0v) is 8.05. The third-order valence-electron chi connectivity index (χ3n) is 2.36. The Balaban J connectivity index is 2.22. The van der Waals surface area contributed by atoms with Crippen LogP contribution in [0, 0.1) is 0 Å². The minimum absolute atomic E-state index is 0.0644. The molecule has 1 aliphatic heterocycles. The molecule has 13 heavy (non-hydrogen) atoms. The van der Waals surface area contributed by atoms with Gasteiger partial charge in [0.2, 0.25) is 5.91 Å². The Hall–Kier alpha value is -0.610. The van der Waals surface area contributed by atoms with E-state index in [0.29, 0.717) is 6.54 Å². The Morgan fingerprint density at radius 2 is 2.54 bits per heavy atom. The van der Waals surface area contributed by atoms with Gasteiger partial charge in [-0.25, -0.2) is 0 Å². The summed E-state index contributed by atoms with van der Waals surface area (Å²) in [7, 11) is 0. The number of aliphatic hydroxyl groups excluding tert-OH is 1. The molecule has 4 nitrogen and oxygen atoms in total. The van der Waals surface area contributed by atoms with Crippen LogP contribution in [0.2, 0.25) is 0 Å². The Morgan fingerprint density at radius 3 is 3.15 bits per heavy atom. The largest absolute Gasteiger partial charge is 0.392 e. The van der Waals surface area contributed by atoms with E-state index < -0.39 is 0 Å².